The molecule has 0 heterocycles. The minimum Gasteiger partial charge on any atom is -0.494 e. The topological polar surface area (TPSA) is 52.3 Å². The van der Waals surface area contributed by atoms with Crippen molar-refractivity contribution in [1.29, 1.82) is 0 Å². The lowest BCUT2D eigenvalue weighted by atomic mass is 10.0. The monoisotopic (exact) mass is 225 g/mol. The third-order valence-electron chi connectivity index (χ3n) is 2.31. The van der Waals surface area contributed by atoms with Crippen LogP contribution in [0, 0.1) is 5.82 Å². The molecule has 0 spiro atoms. The van der Waals surface area contributed by atoms with E-state index in [2.05, 4.69) is 0 Å². The van der Waals surface area contributed by atoms with Crippen molar-refractivity contribution in [2.75, 3.05) is 13.7 Å². The molecule has 3 nitrogen and oxygen atoms in total. The third-order valence-corrected chi connectivity index (χ3v) is 2.31. The zero-order chi connectivity index (χ0) is 12.0. The Bertz CT molecular complexity index is 366. The first-order valence-electron chi connectivity index (χ1n) is 5.22. The fraction of sp³-hybridized carbons (Fsp3) is 0.417. The lowest BCUT2D eigenvalue weighted by Gasteiger charge is -2.06. The number of Topliss-reactive ketones (excluding diaryl/α,β-unsaturated/α-hetero) is 1. The number of halogens is 1. The molecule has 0 aliphatic rings. The van der Waals surface area contributed by atoms with Gasteiger partial charge in [0, 0.05) is 12.8 Å². The van der Waals surface area contributed by atoms with Crippen LogP contribution in [-0.2, 0) is 11.2 Å². The van der Waals surface area contributed by atoms with Crippen molar-refractivity contribution in [3.05, 3.63) is 29.6 Å². The second-order valence-electron chi connectivity index (χ2n) is 3.54. The maximum absolute atomic E-state index is 13.7. The average Bonchev–Trinajstić information content (AvgIpc) is 2.29. The van der Waals surface area contributed by atoms with Gasteiger partial charge in [-0.15, -0.1) is 0 Å². The van der Waals surface area contributed by atoms with Gasteiger partial charge in [0.15, 0.2) is 11.6 Å². The Morgan fingerprint density at radius 1 is 1.50 bits per heavy atom. The molecule has 0 unspecified atom stereocenters. The summed E-state index contributed by atoms with van der Waals surface area (Å²) in [5.74, 6) is -0.284. The average molecular weight is 225 g/mol. The molecule has 0 saturated heterocycles. The van der Waals surface area contributed by atoms with E-state index < -0.39 is 5.82 Å². The van der Waals surface area contributed by atoms with Gasteiger partial charge in [-0.1, -0.05) is 12.1 Å². The van der Waals surface area contributed by atoms with Crippen LogP contribution in [0.2, 0.25) is 0 Å². The summed E-state index contributed by atoms with van der Waals surface area (Å²) < 4.78 is 18.5. The molecule has 2 N–H and O–H groups in total. The smallest absolute Gasteiger partial charge is 0.168 e. The van der Waals surface area contributed by atoms with Crippen molar-refractivity contribution >= 4 is 5.78 Å². The van der Waals surface area contributed by atoms with Crippen LogP contribution < -0.4 is 10.5 Å². The molecule has 88 valence electrons. The molecule has 4 heteroatoms. The van der Waals surface area contributed by atoms with Crippen molar-refractivity contribution < 1.29 is 13.9 Å². The maximum atomic E-state index is 13.7. The fourth-order valence-electron chi connectivity index (χ4n) is 1.45. The first-order chi connectivity index (χ1) is 7.69. The minimum atomic E-state index is -0.453. The number of carbonyl (C=O) groups excluding carboxylic acids is 1. The lowest BCUT2D eigenvalue weighted by molar-refractivity contribution is -0.118. The molecule has 0 bridgehead atoms. The minimum absolute atomic E-state index is 0.00222. The predicted molar refractivity (Wildman–Crippen MR) is 60.0 cm³/mol. The van der Waals surface area contributed by atoms with Crippen LogP contribution in [0.4, 0.5) is 4.39 Å². The Hall–Kier alpha value is -1.42. The second-order valence-corrected chi connectivity index (χ2v) is 3.54. The number of hydrogen-bond acceptors (Lipinski definition) is 3. The summed E-state index contributed by atoms with van der Waals surface area (Å²) in [7, 11) is 1.40. The van der Waals surface area contributed by atoms with E-state index in [1.165, 1.54) is 13.2 Å². The molecule has 16 heavy (non-hydrogen) atoms. The van der Waals surface area contributed by atoms with Crippen molar-refractivity contribution in [3.63, 3.8) is 0 Å². The number of nitrogens with two attached hydrogens (primary N) is 1. The molecular formula is C12H16FNO2. The maximum Gasteiger partial charge on any atom is 0.168 e. The quantitative estimate of drug-likeness (QED) is 0.801. The summed E-state index contributed by atoms with van der Waals surface area (Å²) in [6.45, 7) is 0.479. The molecular weight excluding hydrogens is 209 g/mol. The van der Waals surface area contributed by atoms with Crippen LogP contribution in [0.3, 0.4) is 0 Å². The molecule has 1 rings (SSSR count). The van der Waals surface area contributed by atoms with Crippen LogP contribution in [0.1, 0.15) is 18.4 Å². The highest BCUT2D eigenvalue weighted by Crippen LogP contribution is 2.20. The fourth-order valence-corrected chi connectivity index (χ4v) is 1.45. The molecule has 0 aliphatic heterocycles. The van der Waals surface area contributed by atoms with Crippen LogP contribution in [0.15, 0.2) is 18.2 Å². The highest BCUT2D eigenvalue weighted by molar-refractivity contribution is 5.81. The van der Waals surface area contributed by atoms with E-state index in [1.54, 1.807) is 12.1 Å². The lowest BCUT2D eigenvalue weighted by Crippen LogP contribution is -2.08. The number of carbonyl (C=O) groups is 1. The Kier molecular flexibility index (Phi) is 4.92. The SMILES string of the molecule is COc1cccc(CC(=O)CCCN)c1F. The van der Waals surface area contributed by atoms with Crippen LogP contribution >= 0.6 is 0 Å². The van der Waals surface area contributed by atoms with Crippen LogP contribution in [-0.4, -0.2) is 19.4 Å². The molecule has 0 aromatic heterocycles. The zero-order valence-corrected chi connectivity index (χ0v) is 9.33. The van der Waals surface area contributed by atoms with Crippen LogP contribution in [0.5, 0.6) is 5.75 Å². The van der Waals surface area contributed by atoms with Crippen LogP contribution in [0.25, 0.3) is 0 Å². The number of ether oxygens (including phenoxy) is 1. The van der Waals surface area contributed by atoms with Gasteiger partial charge in [-0.25, -0.2) is 4.39 Å². The van der Waals surface area contributed by atoms with Gasteiger partial charge in [-0.2, -0.15) is 0 Å². The molecule has 0 radical (unpaired) electrons. The van der Waals surface area contributed by atoms with Gasteiger partial charge in [0.05, 0.1) is 7.11 Å². The summed E-state index contributed by atoms with van der Waals surface area (Å²) in [5.41, 5.74) is 5.68. The largest absolute Gasteiger partial charge is 0.494 e. The van der Waals surface area contributed by atoms with Gasteiger partial charge >= 0.3 is 0 Å². The number of benzene rings is 1. The summed E-state index contributed by atoms with van der Waals surface area (Å²) in [6.07, 6.45) is 1.14. The van der Waals surface area contributed by atoms with E-state index in [0.29, 0.717) is 24.9 Å². The predicted octanol–water partition coefficient (Wildman–Crippen LogP) is 1.68. The molecule has 0 fully saturated rings. The highest BCUT2D eigenvalue weighted by atomic mass is 19.1. The third kappa shape index (κ3) is 3.31. The number of ketones is 1. The Morgan fingerprint density at radius 2 is 2.25 bits per heavy atom. The molecule has 0 aliphatic carbocycles. The van der Waals surface area contributed by atoms with E-state index in [-0.39, 0.29) is 18.0 Å². The van der Waals surface area contributed by atoms with E-state index in [9.17, 15) is 9.18 Å². The summed E-state index contributed by atoms with van der Waals surface area (Å²) in [6, 6.07) is 4.80. The van der Waals surface area contributed by atoms with Gasteiger partial charge in [-0.3, -0.25) is 4.79 Å². The number of rotatable bonds is 6. The second kappa shape index (κ2) is 6.23. The highest BCUT2D eigenvalue weighted by Gasteiger charge is 2.11. The van der Waals surface area contributed by atoms with Crippen molar-refractivity contribution in [1.82, 2.24) is 0 Å². The standard InChI is InChI=1S/C12H16FNO2/c1-16-11-6-2-4-9(12(11)13)8-10(15)5-3-7-14/h2,4,6H,3,5,7-8,14H2,1H3. The molecule has 1 aromatic rings. The Morgan fingerprint density at radius 3 is 2.88 bits per heavy atom. The van der Waals surface area contributed by atoms with Crippen molar-refractivity contribution in [2.24, 2.45) is 5.73 Å². The van der Waals surface area contributed by atoms with Gasteiger partial charge in [0.2, 0.25) is 0 Å². The first-order valence-corrected chi connectivity index (χ1v) is 5.22. The summed E-state index contributed by atoms with van der Waals surface area (Å²) in [5, 5.41) is 0. The molecule has 0 amide bonds. The number of methoxy groups -OCH3 is 1. The van der Waals surface area contributed by atoms with Gasteiger partial charge < -0.3 is 10.5 Å². The van der Waals surface area contributed by atoms with Gasteiger partial charge in [0.1, 0.15) is 5.78 Å². The normalized spacial score (nSPS) is 10.2. The Balaban J connectivity index is 2.70. The van der Waals surface area contributed by atoms with E-state index in [0.717, 1.165) is 0 Å². The Labute approximate surface area is 94.4 Å². The first kappa shape index (κ1) is 12.6. The summed E-state index contributed by atoms with van der Waals surface area (Å²) in [4.78, 5) is 11.5. The summed E-state index contributed by atoms with van der Waals surface area (Å²) >= 11 is 0. The van der Waals surface area contributed by atoms with Crippen molar-refractivity contribution in [2.45, 2.75) is 19.3 Å². The molecule has 1 aromatic carbocycles. The van der Waals surface area contributed by atoms with Gasteiger partial charge in [0.25, 0.3) is 0 Å². The molecule has 0 saturated carbocycles. The number of hydrogen-bond donors (Lipinski definition) is 1. The van der Waals surface area contributed by atoms with E-state index >= 15 is 0 Å². The van der Waals surface area contributed by atoms with Crippen molar-refractivity contribution in [3.8, 4) is 5.75 Å². The van der Waals surface area contributed by atoms with Gasteiger partial charge in [-0.05, 0) is 24.6 Å². The molecule has 0 atom stereocenters. The van der Waals surface area contributed by atoms with E-state index in [1.807, 2.05) is 0 Å². The van der Waals surface area contributed by atoms with E-state index in [4.69, 9.17) is 10.5 Å². The zero-order valence-electron chi connectivity index (χ0n) is 9.33.